The van der Waals surface area contributed by atoms with Crippen LogP contribution < -0.4 is 10.1 Å². The Morgan fingerprint density at radius 1 is 1.21 bits per heavy atom. The van der Waals surface area contributed by atoms with Gasteiger partial charge in [0.2, 0.25) is 0 Å². The van der Waals surface area contributed by atoms with Crippen LogP contribution in [0.1, 0.15) is 31.7 Å². The third-order valence-corrected chi connectivity index (χ3v) is 5.75. The molecule has 1 N–H and O–H groups in total. The number of hydrogen-bond donors (Lipinski definition) is 1. The van der Waals surface area contributed by atoms with Crippen LogP contribution in [0.5, 0.6) is 10.9 Å². The molecule has 3 atom stereocenters. The van der Waals surface area contributed by atoms with Gasteiger partial charge in [-0.3, -0.25) is 0 Å². The molecule has 0 aliphatic heterocycles. The normalized spacial score (nSPS) is 20.9. The van der Waals surface area contributed by atoms with E-state index in [2.05, 4.69) is 54.5 Å². The van der Waals surface area contributed by atoms with Gasteiger partial charge in [0, 0.05) is 6.04 Å². The first-order valence-corrected chi connectivity index (χ1v) is 9.43. The average Bonchev–Trinajstić information content (AvgIpc) is 3.24. The zero-order valence-electron chi connectivity index (χ0n) is 14.0. The molecular formula is C20H22N2OS. The highest BCUT2D eigenvalue weighted by atomic mass is 32.1. The summed E-state index contributed by atoms with van der Waals surface area (Å²) >= 11 is 1.58. The molecule has 4 rings (SSSR count). The van der Waals surface area contributed by atoms with Crippen molar-refractivity contribution in [3.8, 4) is 10.9 Å². The van der Waals surface area contributed by atoms with E-state index < -0.39 is 0 Å². The van der Waals surface area contributed by atoms with Gasteiger partial charge in [0.15, 0.2) is 0 Å². The number of para-hydroxylation sites is 1. The summed E-state index contributed by atoms with van der Waals surface area (Å²) in [5.74, 6) is 2.20. The molecule has 0 bridgehead atoms. The molecule has 0 radical (unpaired) electrons. The fourth-order valence-corrected chi connectivity index (χ4v) is 4.18. The van der Waals surface area contributed by atoms with Crippen molar-refractivity contribution < 1.29 is 4.74 Å². The number of rotatable bonds is 6. The van der Waals surface area contributed by atoms with Gasteiger partial charge in [-0.1, -0.05) is 49.4 Å². The summed E-state index contributed by atoms with van der Waals surface area (Å²) < 4.78 is 7.08. The number of nitrogens with one attached hydrogen (secondary N) is 1. The fraction of sp³-hybridized carbons (Fsp3) is 0.350. The van der Waals surface area contributed by atoms with Crippen LogP contribution in [0.2, 0.25) is 0 Å². The number of aromatic nitrogens is 1. The number of ether oxygens (including phenoxy) is 1. The molecule has 24 heavy (non-hydrogen) atoms. The molecule has 0 amide bonds. The number of nitrogens with zero attached hydrogens (tertiary/aromatic N) is 1. The fourth-order valence-electron chi connectivity index (χ4n) is 3.35. The standard InChI is InChI=1S/C20H22N2OS/c1-3-21-18-12-16(18)13(2)14-8-10-15(11-9-14)23-20-22-17-6-4-5-7-19(17)24-20/h4-11,13,16,18,21H,3,12H2,1-2H3. The summed E-state index contributed by atoms with van der Waals surface area (Å²) in [6.07, 6.45) is 1.29. The number of thiazole rings is 1. The van der Waals surface area contributed by atoms with Gasteiger partial charge < -0.3 is 10.1 Å². The molecule has 4 heteroatoms. The highest BCUT2D eigenvalue weighted by Crippen LogP contribution is 2.43. The van der Waals surface area contributed by atoms with E-state index in [1.54, 1.807) is 11.3 Å². The Hall–Kier alpha value is -1.91. The Morgan fingerprint density at radius 3 is 2.75 bits per heavy atom. The van der Waals surface area contributed by atoms with E-state index in [1.165, 1.54) is 12.0 Å². The maximum absolute atomic E-state index is 5.93. The van der Waals surface area contributed by atoms with Crippen molar-refractivity contribution in [3.63, 3.8) is 0 Å². The Kier molecular flexibility index (Phi) is 4.25. The molecule has 1 heterocycles. The summed E-state index contributed by atoms with van der Waals surface area (Å²) in [5.41, 5.74) is 2.38. The van der Waals surface area contributed by atoms with Crippen LogP contribution in [0.3, 0.4) is 0 Å². The predicted octanol–water partition coefficient (Wildman–Crippen LogP) is 5.19. The monoisotopic (exact) mass is 338 g/mol. The van der Waals surface area contributed by atoms with Gasteiger partial charge in [-0.2, -0.15) is 0 Å². The van der Waals surface area contributed by atoms with Gasteiger partial charge in [-0.25, -0.2) is 4.98 Å². The first-order valence-electron chi connectivity index (χ1n) is 8.61. The first kappa shape index (κ1) is 15.6. The summed E-state index contributed by atoms with van der Waals surface area (Å²) in [6, 6.07) is 17.3. The van der Waals surface area contributed by atoms with Gasteiger partial charge in [-0.15, -0.1) is 0 Å². The molecule has 1 aliphatic rings. The lowest BCUT2D eigenvalue weighted by Gasteiger charge is -2.12. The minimum atomic E-state index is 0.588. The Labute approximate surface area is 146 Å². The molecule has 0 spiro atoms. The molecule has 0 saturated heterocycles. The molecule has 1 saturated carbocycles. The molecule has 1 fully saturated rings. The maximum Gasteiger partial charge on any atom is 0.279 e. The second-order valence-electron chi connectivity index (χ2n) is 6.47. The van der Waals surface area contributed by atoms with E-state index in [-0.39, 0.29) is 0 Å². The SMILES string of the molecule is CCNC1CC1C(C)c1ccc(Oc2nc3ccccc3s2)cc1. The van der Waals surface area contributed by atoms with E-state index >= 15 is 0 Å². The third-order valence-electron chi connectivity index (χ3n) is 4.83. The van der Waals surface area contributed by atoms with Crippen molar-refractivity contribution in [2.45, 2.75) is 32.2 Å². The molecule has 1 aliphatic carbocycles. The molecule has 2 aromatic carbocycles. The average molecular weight is 338 g/mol. The molecular weight excluding hydrogens is 316 g/mol. The van der Waals surface area contributed by atoms with Crippen LogP contribution in [-0.2, 0) is 0 Å². The van der Waals surface area contributed by atoms with Crippen molar-refractivity contribution in [1.29, 1.82) is 0 Å². The highest BCUT2D eigenvalue weighted by Gasteiger charge is 2.40. The molecule has 124 valence electrons. The molecule has 3 aromatic rings. The van der Waals surface area contributed by atoms with Gasteiger partial charge in [0.1, 0.15) is 5.75 Å². The van der Waals surface area contributed by atoms with Crippen LogP contribution >= 0.6 is 11.3 Å². The van der Waals surface area contributed by atoms with Gasteiger partial charge in [0.25, 0.3) is 5.19 Å². The van der Waals surface area contributed by atoms with Gasteiger partial charge in [0.05, 0.1) is 10.2 Å². The lowest BCUT2D eigenvalue weighted by Crippen LogP contribution is -2.18. The molecule has 3 unspecified atom stereocenters. The van der Waals surface area contributed by atoms with E-state index in [9.17, 15) is 0 Å². The summed E-state index contributed by atoms with van der Waals surface area (Å²) in [6.45, 7) is 5.56. The zero-order chi connectivity index (χ0) is 16.5. The van der Waals surface area contributed by atoms with Crippen LogP contribution in [0.15, 0.2) is 48.5 Å². The number of fused-ring (bicyclic) bond motifs is 1. The van der Waals surface area contributed by atoms with Crippen molar-refractivity contribution in [1.82, 2.24) is 10.3 Å². The number of hydrogen-bond acceptors (Lipinski definition) is 4. The maximum atomic E-state index is 5.93. The minimum Gasteiger partial charge on any atom is -0.431 e. The third kappa shape index (κ3) is 3.17. The van der Waals surface area contributed by atoms with E-state index in [1.807, 2.05) is 18.2 Å². The number of benzene rings is 2. The molecule has 1 aromatic heterocycles. The van der Waals surface area contributed by atoms with Crippen molar-refractivity contribution in [3.05, 3.63) is 54.1 Å². The minimum absolute atomic E-state index is 0.588. The lowest BCUT2D eigenvalue weighted by atomic mass is 9.96. The van der Waals surface area contributed by atoms with Crippen LogP contribution in [-0.4, -0.2) is 17.6 Å². The summed E-state index contributed by atoms with van der Waals surface area (Å²) in [5, 5.41) is 4.25. The quantitative estimate of drug-likeness (QED) is 0.671. The Balaban J connectivity index is 1.44. The smallest absolute Gasteiger partial charge is 0.279 e. The second-order valence-corrected chi connectivity index (χ2v) is 7.46. The van der Waals surface area contributed by atoms with Crippen LogP contribution in [0, 0.1) is 5.92 Å². The van der Waals surface area contributed by atoms with E-state index in [0.717, 1.165) is 28.4 Å². The zero-order valence-corrected chi connectivity index (χ0v) is 14.8. The lowest BCUT2D eigenvalue weighted by molar-refractivity contribution is 0.479. The van der Waals surface area contributed by atoms with Gasteiger partial charge >= 0.3 is 0 Å². The summed E-state index contributed by atoms with van der Waals surface area (Å²) in [7, 11) is 0. The second kappa shape index (κ2) is 6.54. The van der Waals surface area contributed by atoms with E-state index in [4.69, 9.17) is 4.74 Å². The van der Waals surface area contributed by atoms with Crippen LogP contribution in [0.25, 0.3) is 10.2 Å². The Morgan fingerprint density at radius 2 is 2.00 bits per heavy atom. The topological polar surface area (TPSA) is 34.1 Å². The van der Waals surface area contributed by atoms with Crippen molar-refractivity contribution >= 4 is 21.6 Å². The van der Waals surface area contributed by atoms with E-state index in [0.29, 0.717) is 17.2 Å². The largest absolute Gasteiger partial charge is 0.431 e. The summed E-state index contributed by atoms with van der Waals surface area (Å²) in [4.78, 5) is 4.52. The Bertz CT molecular complexity index is 794. The van der Waals surface area contributed by atoms with Crippen molar-refractivity contribution in [2.75, 3.05) is 6.54 Å². The van der Waals surface area contributed by atoms with Gasteiger partial charge in [-0.05, 0) is 54.6 Å². The highest BCUT2D eigenvalue weighted by molar-refractivity contribution is 7.20. The molecule has 3 nitrogen and oxygen atoms in total. The van der Waals surface area contributed by atoms with Crippen molar-refractivity contribution in [2.24, 2.45) is 5.92 Å². The predicted molar refractivity (Wildman–Crippen MR) is 100 cm³/mol. The first-order chi connectivity index (χ1) is 11.7. The van der Waals surface area contributed by atoms with Crippen LogP contribution in [0.4, 0.5) is 0 Å².